The van der Waals surface area contributed by atoms with E-state index >= 15 is 0 Å². The smallest absolute Gasteiger partial charge is 0.328 e. The van der Waals surface area contributed by atoms with Gasteiger partial charge in [0.15, 0.2) is 0 Å². The van der Waals surface area contributed by atoms with Crippen molar-refractivity contribution in [3.05, 3.63) is 54.6 Å². The molecular weight excluding hydrogens is 242 g/mol. The number of hydrogen-bond acceptors (Lipinski definition) is 3. The molecule has 0 aliphatic rings. The van der Waals surface area contributed by atoms with Crippen molar-refractivity contribution >= 4 is 11.7 Å². The molecule has 0 radical (unpaired) electrons. The van der Waals surface area contributed by atoms with Crippen LogP contribution in [0.1, 0.15) is 0 Å². The Bertz CT molecular complexity index is 554. The second-order valence-electron chi connectivity index (χ2n) is 4.13. The molecule has 0 spiro atoms. The van der Waals surface area contributed by atoms with Crippen molar-refractivity contribution in [2.45, 2.75) is 6.04 Å². The van der Waals surface area contributed by atoms with Crippen LogP contribution in [0.4, 0.5) is 5.69 Å². The molecule has 0 heterocycles. The Kier molecular flexibility index (Phi) is 4.15. The molecular formula is C15H15NO3. The summed E-state index contributed by atoms with van der Waals surface area (Å²) in [5, 5.41) is 20.9. The fourth-order valence-electron chi connectivity index (χ4n) is 1.85. The third-order valence-electron chi connectivity index (χ3n) is 2.82. The Morgan fingerprint density at radius 3 is 2.32 bits per heavy atom. The van der Waals surface area contributed by atoms with Crippen LogP contribution < -0.4 is 5.32 Å². The van der Waals surface area contributed by atoms with Gasteiger partial charge in [-0.15, -0.1) is 0 Å². The molecule has 0 saturated carbocycles. The zero-order valence-electron chi connectivity index (χ0n) is 10.3. The maximum atomic E-state index is 11.0. The summed E-state index contributed by atoms with van der Waals surface area (Å²) in [6.07, 6.45) is 0. The monoisotopic (exact) mass is 257 g/mol. The Balaban J connectivity index is 2.34. The number of hydrogen-bond donors (Lipinski definition) is 3. The lowest BCUT2D eigenvalue weighted by Gasteiger charge is -2.16. The Labute approximate surface area is 111 Å². The molecule has 0 saturated heterocycles. The molecule has 0 bridgehead atoms. The first-order valence-electron chi connectivity index (χ1n) is 5.97. The van der Waals surface area contributed by atoms with E-state index in [4.69, 9.17) is 10.2 Å². The van der Waals surface area contributed by atoms with Gasteiger partial charge in [0.2, 0.25) is 0 Å². The summed E-state index contributed by atoms with van der Waals surface area (Å²) in [6, 6.07) is 16.1. The summed E-state index contributed by atoms with van der Waals surface area (Å²) >= 11 is 0. The minimum absolute atomic E-state index is 0.460. The van der Waals surface area contributed by atoms with Crippen LogP contribution in [-0.2, 0) is 4.79 Å². The molecule has 0 aliphatic heterocycles. The van der Waals surface area contributed by atoms with Gasteiger partial charge in [0.25, 0.3) is 0 Å². The van der Waals surface area contributed by atoms with E-state index in [0.717, 1.165) is 11.1 Å². The molecule has 2 aromatic carbocycles. The highest BCUT2D eigenvalue weighted by Crippen LogP contribution is 2.27. The number of nitrogens with one attached hydrogen (secondary N) is 1. The summed E-state index contributed by atoms with van der Waals surface area (Å²) in [7, 11) is 0. The molecule has 1 unspecified atom stereocenters. The first kappa shape index (κ1) is 13.1. The second-order valence-corrected chi connectivity index (χ2v) is 4.13. The molecule has 4 heteroatoms. The number of aliphatic carboxylic acids is 1. The molecule has 0 amide bonds. The summed E-state index contributed by atoms with van der Waals surface area (Å²) in [5.41, 5.74) is 2.59. The lowest BCUT2D eigenvalue weighted by atomic mass is 10.0. The molecule has 1 atom stereocenters. The van der Waals surface area contributed by atoms with Crippen molar-refractivity contribution in [2.75, 3.05) is 11.9 Å². The molecule has 3 N–H and O–H groups in total. The number of carboxylic acids is 1. The highest BCUT2D eigenvalue weighted by atomic mass is 16.4. The van der Waals surface area contributed by atoms with Crippen LogP contribution in [0.5, 0.6) is 0 Å². The minimum Gasteiger partial charge on any atom is -0.480 e. The Morgan fingerprint density at radius 1 is 1.05 bits per heavy atom. The number of carbonyl (C=O) groups is 1. The third kappa shape index (κ3) is 3.11. The van der Waals surface area contributed by atoms with E-state index in [-0.39, 0.29) is 0 Å². The van der Waals surface area contributed by atoms with Crippen LogP contribution in [0, 0.1) is 0 Å². The number of rotatable bonds is 5. The first-order chi connectivity index (χ1) is 9.22. The predicted octanol–water partition coefficient (Wildman–Crippen LogP) is 2.21. The lowest BCUT2D eigenvalue weighted by molar-refractivity contribution is -0.138. The highest BCUT2D eigenvalue weighted by Gasteiger charge is 2.17. The van der Waals surface area contributed by atoms with Gasteiger partial charge in [-0.05, 0) is 11.6 Å². The van der Waals surface area contributed by atoms with Crippen molar-refractivity contribution in [3.8, 4) is 11.1 Å². The van der Waals surface area contributed by atoms with E-state index in [1.165, 1.54) is 0 Å². The van der Waals surface area contributed by atoms with Gasteiger partial charge in [-0.2, -0.15) is 0 Å². The molecule has 98 valence electrons. The summed E-state index contributed by atoms with van der Waals surface area (Å²) in [5.74, 6) is -1.08. The van der Waals surface area contributed by atoms with Crippen molar-refractivity contribution in [2.24, 2.45) is 0 Å². The van der Waals surface area contributed by atoms with E-state index in [1.54, 1.807) is 6.07 Å². The number of aliphatic hydroxyl groups is 1. The number of anilines is 1. The third-order valence-corrected chi connectivity index (χ3v) is 2.82. The van der Waals surface area contributed by atoms with Crippen molar-refractivity contribution in [1.82, 2.24) is 0 Å². The maximum Gasteiger partial charge on any atom is 0.328 e. The standard InChI is InChI=1S/C15H15NO3/c17-10-14(15(18)19)16-13-9-5-4-8-12(13)11-6-2-1-3-7-11/h1-9,14,16-17H,10H2,(H,18,19). The average molecular weight is 257 g/mol. The quantitative estimate of drug-likeness (QED) is 0.768. The topological polar surface area (TPSA) is 69.6 Å². The first-order valence-corrected chi connectivity index (χ1v) is 5.97. The normalized spacial score (nSPS) is 11.8. The van der Waals surface area contributed by atoms with Crippen molar-refractivity contribution in [1.29, 1.82) is 0 Å². The fraction of sp³-hybridized carbons (Fsp3) is 0.133. The number of para-hydroxylation sites is 1. The van der Waals surface area contributed by atoms with Gasteiger partial charge in [-0.3, -0.25) is 0 Å². The average Bonchev–Trinajstić information content (AvgIpc) is 2.45. The largest absolute Gasteiger partial charge is 0.480 e. The zero-order chi connectivity index (χ0) is 13.7. The molecule has 2 aromatic rings. The van der Waals surface area contributed by atoms with Gasteiger partial charge < -0.3 is 15.5 Å². The van der Waals surface area contributed by atoms with Crippen LogP contribution in [-0.4, -0.2) is 28.8 Å². The van der Waals surface area contributed by atoms with E-state index < -0.39 is 18.6 Å². The van der Waals surface area contributed by atoms with Gasteiger partial charge in [-0.1, -0.05) is 48.5 Å². The summed E-state index contributed by atoms with van der Waals surface area (Å²) in [6.45, 7) is -0.460. The SMILES string of the molecule is O=C(O)C(CO)Nc1ccccc1-c1ccccc1. The van der Waals surface area contributed by atoms with Gasteiger partial charge in [0.05, 0.1) is 6.61 Å². The van der Waals surface area contributed by atoms with Crippen molar-refractivity contribution < 1.29 is 15.0 Å². The van der Waals surface area contributed by atoms with Gasteiger partial charge in [0.1, 0.15) is 6.04 Å². The number of aliphatic hydroxyl groups excluding tert-OH is 1. The Morgan fingerprint density at radius 2 is 1.68 bits per heavy atom. The number of benzene rings is 2. The molecule has 2 rings (SSSR count). The lowest BCUT2D eigenvalue weighted by Crippen LogP contribution is -2.32. The van der Waals surface area contributed by atoms with E-state index in [2.05, 4.69) is 5.32 Å². The second kappa shape index (κ2) is 6.02. The minimum atomic E-state index is -1.08. The highest BCUT2D eigenvalue weighted by molar-refractivity contribution is 5.83. The van der Waals surface area contributed by atoms with Crippen LogP contribution >= 0.6 is 0 Å². The predicted molar refractivity (Wildman–Crippen MR) is 74.0 cm³/mol. The van der Waals surface area contributed by atoms with Crippen LogP contribution in [0.3, 0.4) is 0 Å². The van der Waals surface area contributed by atoms with Crippen molar-refractivity contribution in [3.63, 3.8) is 0 Å². The molecule has 0 fully saturated rings. The molecule has 4 nitrogen and oxygen atoms in total. The Hall–Kier alpha value is -2.33. The van der Waals surface area contributed by atoms with Crippen LogP contribution in [0.25, 0.3) is 11.1 Å². The van der Waals surface area contributed by atoms with Gasteiger partial charge in [0, 0.05) is 11.3 Å². The summed E-state index contributed by atoms with van der Waals surface area (Å²) in [4.78, 5) is 11.0. The molecule has 0 aromatic heterocycles. The van der Waals surface area contributed by atoms with Crippen LogP contribution in [0.15, 0.2) is 54.6 Å². The molecule has 0 aliphatic carbocycles. The van der Waals surface area contributed by atoms with E-state index in [1.807, 2.05) is 48.5 Å². The van der Waals surface area contributed by atoms with E-state index in [9.17, 15) is 4.79 Å². The molecule has 19 heavy (non-hydrogen) atoms. The van der Waals surface area contributed by atoms with Gasteiger partial charge in [-0.25, -0.2) is 4.79 Å². The zero-order valence-corrected chi connectivity index (χ0v) is 10.3. The number of carboxylic acid groups (broad SMARTS) is 1. The summed E-state index contributed by atoms with van der Waals surface area (Å²) < 4.78 is 0. The fourth-order valence-corrected chi connectivity index (χ4v) is 1.85. The maximum absolute atomic E-state index is 11.0. The van der Waals surface area contributed by atoms with Crippen LogP contribution in [0.2, 0.25) is 0 Å². The van der Waals surface area contributed by atoms with Gasteiger partial charge >= 0.3 is 5.97 Å². The van der Waals surface area contributed by atoms with E-state index in [0.29, 0.717) is 5.69 Å².